The first-order chi connectivity index (χ1) is 13.1. The third-order valence-corrected chi connectivity index (χ3v) is 4.24. The van der Waals surface area contributed by atoms with Crippen molar-refractivity contribution < 1.29 is 33.3 Å². The second kappa shape index (κ2) is 8.28. The molecule has 0 spiro atoms. The molecule has 0 radical (unpaired) electrons. The molecule has 1 aliphatic rings. The molecule has 1 heterocycles. The van der Waals surface area contributed by atoms with Gasteiger partial charge in [0.25, 0.3) is 0 Å². The number of benzene rings is 2. The minimum atomic E-state index is -0.728. The Morgan fingerprint density at radius 3 is 2.78 bits per heavy atom. The first-order valence-corrected chi connectivity index (χ1v) is 8.36. The van der Waals surface area contributed by atoms with E-state index in [9.17, 15) is 9.59 Å². The molecule has 1 aliphatic heterocycles. The first kappa shape index (κ1) is 19.0. The van der Waals surface area contributed by atoms with E-state index in [1.807, 2.05) is 0 Å². The molecule has 0 saturated heterocycles. The number of carbonyl (C=O) groups excluding carboxylic acids is 2. The van der Waals surface area contributed by atoms with Gasteiger partial charge in [-0.1, -0.05) is 11.6 Å². The number of hydrogen-bond acceptors (Lipinski definition) is 7. The Kier molecular flexibility index (Phi) is 5.83. The number of carbonyl (C=O) groups is 2. The number of ether oxygens (including phenoxy) is 5. The lowest BCUT2D eigenvalue weighted by Crippen LogP contribution is -2.15. The van der Waals surface area contributed by atoms with Crippen LogP contribution in [-0.4, -0.2) is 33.3 Å². The van der Waals surface area contributed by atoms with Gasteiger partial charge in [-0.3, -0.25) is 4.79 Å². The van der Waals surface area contributed by atoms with Gasteiger partial charge < -0.3 is 23.7 Å². The van der Waals surface area contributed by atoms with Crippen LogP contribution in [0.4, 0.5) is 0 Å². The summed E-state index contributed by atoms with van der Waals surface area (Å²) < 4.78 is 26.6. The van der Waals surface area contributed by atoms with Crippen molar-refractivity contribution in [3.63, 3.8) is 0 Å². The molecule has 0 aliphatic carbocycles. The van der Waals surface area contributed by atoms with E-state index in [4.69, 9.17) is 35.3 Å². The lowest BCUT2D eigenvalue weighted by atomic mass is 10.1. The number of halogens is 1. The molecule has 8 heteroatoms. The van der Waals surface area contributed by atoms with Gasteiger partial charge >= 0.3 is 5.97 Å². The molecular weight excluding hydrogens is 376 g/mol. The smallest absolute Gasteiger partial charge is 0.343 e. The number of rotatable bonds is 6. The number of aldehydes is 1. The van der Waals surface area contributed by atoms with E-state index in [-0.39, 0.29) is 30.3 Å². The van der Waals surface area contributed by atoms with Gasteiger partial charge in [-0.2, -0.15) is 0 Å². The molecule has 3 rings (SSSR count). The van der Waals surface area contributed by atoms with Gasteiger partial charge in [0.2, 0.25) is 0 Å². The van der Waals surface area contributed by atoms with Gasteiger partial charge in [-0.25, -0.2) is 4.79 Å². The molecule has 0 unspecified atom stereocenters. The van der Waals surface area contributed by atoms with Crippen LogP contribution >= 0.6 is 11.6 Å². The van der Waals surface area contributed by atoms with Gasteiger partial charge in [-0.05, 0) is 24.3 Å². The molecule has 2 aromatic carbocycles. The predicted octanol–water partition coefficient (Wildman–Crippen LogP) is 3.39. The van der Waals surface area contributed by atoms with Crippen LogP contribution in [0.5, 0.6) is 17.2 Å². The first-order valence-electron chi connectivity index (χ1n) is 7.98. The summed E-state index contributed by atoms with van der Waals surface area (Å²) in [5.41, 5.74) is 1.50. The van der Waals surface area contributed by atoms with Crippen molar-refractivity contribution in [3.8, 4) is 17.2 Å². The second-order valence-corrected chi connectivity index (χ2v) is 6.06. The maximum Gasteiger partial charge on any atom is 0.343 e. The van der Waals surface area contributed by atoms with Gasteiger partial charge in [0.15, 0.2) is 24.6 Å². The highest BCUT2D eigenvalue weighted by Gasteiger charge is 2.24. The maximum atomic E-state index is 12.7. The third-order valence-electron chi connectivity index (χ3n) is 4.02. The van der Waals surface area contributed by atoms with Crippen LogP contribution in [0.25, 0.3) is 0 Å². The summed E-state index contributed by atoms with van der Waals surface area (Å²) in [6.45, 7) is 0.366. The second-order valence-electron chi connectivity index (χ2n) is 5.62. The van der Waals surface area contributed by atoms with Gasteiger partial charge in [0, 0.05) is 21.7 Å². The minimum absolute atomic E-state index is 0.00741. The highest BCUT2D eigenvalue weighted by atomic mass is 35.5. The van der Waals surface area contributed by atoms with Crippen molar-refractivity contribution in [3.05, 3.63) is 51.5 Å². The van der Waals surface area contributed by atoms with E-state index < -0.39 is 5.97 Å². The van der Waals surface area contributed by atoms with E-state index in [0.717, 1.165) is 5.56 Å². The molecular formula is C19H17ClO7. The van der Waals surface area contributed by atoms with E-state index >= 15 is 0 Å². The fourth-order valence-corrected chi connectivity index (χ4v) is 3.09. The van der Waals surface area contributed by atoms with E-state index in [1.54, 1.807) is 18.2 Å². The Hall–Kier alpha value is -2.77. The van der Waals surface area contributed by atoms with Crippen molar-refractivity contribution >= 4 is 23.9 Å². The van der Waals surface area contributed by atoms with Gasteiger partial charge in [-0.15, -0.1) is 0 Å². The van der Waals surface area contributed by atoms with Crippen molar-refractivity contribution in [1.29, 1.82) is 0 Å². The molecule has 0 N–H and O–H groups in total. The molecule has 2 aromatic rings. The zero-order valence-corrected chi connectivity index (χ0v) is 15.5. The van der Waals surface area contributed by atoms with Crippen LogP contribution in [0.15, 0.2) is 24.3 Å². The minimum Gasteiger partial charge on any atom is -0.493 e. The molecule has 27 heavy (non-hydrogen) atoms. The van der Waals surface area contributed by atoms with Gasteiger partial charge in [0.05, 0.1) is 20.8 Å². The summed E-state index contributed by atoms with van der Waals surface area (Å²) in [5.74, 6) is 0.292. The van der Waals surface area contributed by atoms with Crippen LogP contribution in [0.2, 0.25) is 5.02 Å². The average molecular weight is 393 g/mol. The molecule has 0 atom stereocenters. The molecule has 7 nitrogen and oxygen atoms in total. The molecule has 142 valence electrons. The SMILES string of the molecule is COc1ccc(C=O)c(C(=O)OCc2cc(Cl)cc3c2OCOC3)c1OC. The molecule has 0 bridgehead atoms. The summed E-state index contributed by atoms with van der Waals surface area (Å²) in [5, 5.41) is 0.474. The Bertz CT molecular complexity index is 879. The highest BCUT2D eigenvalue weighted by Crippen LogP contribution is 2.35. The van der Waals surface area contributed by atoms with Crippen LogP contribution in [0.3, 0.4) is 0 Å². The summed E-state index contributed by atoms with van der Waals surface area (Å²) in [6, 6.07) is 6.40. The fourth-order valence-electron chi connectivity index (χ4n) is 2.83. The third kappa shape index (κ3) is 3.84. The van der Waals surface area contributed by atoms with Gasteiger partial charge in [0.1, 0.15) is 17.9 Å². The summed E-state index contributed by atoms with van der Waals surface area (Å²) in [7, 11) is 2.82. The van der Waals surface area contributed by atoms with Crippen molar-refractivity contribution in [1.82, 2.24) is 0 Å². The monoisotopic (exact) mass is 392 g/mol. The zero-order chi connectivity index (χ0) is 19.4. The lowest BCUT2D eigenvalue weighted by molar-refractivity contribution is -0.0180. The van der Waals surface area contributed by atoms with Crippen LogP contribution < -0.4 is 14.2 Å². The fraction of sp³-hybridized carbons (Fsp3) is 0.263. The summed E-state index contributed by atoms with van der Waals surface area (Å²) >= 11 is 6.11. The maximum absolute atomic E-state index is 12.7. The largest absolute Gasteiger partial charge is 0.493 e. The van der Waals surface area contributed by atoms with Crippen molar-refractivity contribution in [2.45, 2.75) is 13.2 Å². The normalized spacial score (nSPS) is 12.6. The topological polar surface area (TPSA) is 80.3 Å². The van der Waals surface area contributed by atoms with Crippen molar-refractivity contribution in [2.75, 3.05) is 21.0 Å². The lowest BCUT2D eigenvalue weighted by Gasteiger charge is -2.21. The number of hydrogen-bond donors (Lipinski definition) is 0. The summed E-state index contributed by atoms with van der Waals surface area (Å²) in [4.78, 5) is 24.0. The van der Waals surface area contributed by atoms with Crippen LogP contribution in [0.1, 0.15) is 31.8 Å². The molecule has 0 saturated carbocycles. The van der Waals surface area contributed by atoms with Crippen LogP contribution in [0, 0.1) is 0 Å². The molecule has 0 fully saturated rings. The van der Waals surface area contributed by atoms with E-state index in [2.05, 4.69) is 0 Å². The Balaban J connectivity index is 1.89. The Morgan fingerprint density at radius 2 is 2.07 bits per heavy atom. The molecule has 0 aromatic heterocycles. The average Bonchev–Trinajstić information content (AvgIpc) is 2.70. The summed E-state index contributed by atoms with van der Waals surface area (Å²) in [6.07, 6.45) is 0.556. The Morgan fingerprint density at radius 1 is 1.26 bits per heavy atom. The predicted molar refractivity (Wildman–Crippen MR) is 95.8 cm³/mol. The zero-order valence-electron chi connectivity index (χ0n) is 14.7. The van der Waals surface area contributed by atoms with E-state index in [0.29, 0.717) is 35.0 Å². The Labute approximate surface area is 160 Å². The highest BCUT2D eigenvalue weighted by molar-refractivity contribution is 6.30. The quantitative estimate of drug-likeness (QED) is 0.550. The number of methoxy groups -OCH3 is 2. The van der Waals surface area contributed by atoms with Crippen molar-refractivity contribution in [2.24, 2.45) is 0 Å². The van der Waals surface area contributed by atoms with Crippen LogP contribution in [-0.2, 0) is 22.7 Å². The standard InChI is InChI=1S/C19H17ClO7/c1-23-15-4-3-11(7-21)16(18(15)24-2)19(22)26-9-13-6-14(20)5-12-8-25-10-27-17(12)13/h3-7H,8-10H2,1-2H3. The van der Waals surface area contributed by atoms with E-state index in [1.165, 1.54) is 20.3 Å². The number of fused-ring (bicyclic) bond motifs is 1. The molecule has 0 amide bonds. The number of esters is 1.